The number of nitrogens with one attached hydrogen (secondary N) is 1. The second-order valence-corrected chi connectivity index (χ2v) is 6.64. The third-order valence-electron chi connectivity index (χ3n) is 4.39. The summed E-state index contributed by atoms with van der Waals surface area (Å²) < 4.78 is 13.0. The van der Waals surface area contributed by atoms with Gasteiger partial charge in [-0.05, 0) is 31.2 Å². The maximum atomic E-state index is 13.0. The van der Waals surface area contributed by atoms with Gasteiger partial charge in [0.15, 0.2) is 11.5 Å². The first-order valence-electron chi connectivity index (χ1n) is 7.95. The van der Waals surface area contributed by atoms with Gasteiger partial charge in [0, 0.05) is 20.1 Å². The summed E-state index contributed by atoms with van der Waals surface area (Å²) in [6.07, 6.45) is -0.511. The van der Waals surface area contributed by atoms with Crippen LogP contribution in [0.5, 0.6) is 0 Å². The number of hydrazone groups is 1. The largest absolute Gasteiger partial charge is 0.349 e. The van der Waals surface area contributed by atoms with Crippen LogP contribution in [-0.2, 0) is 19.2 Å². The first-order chi connectivity index (χ1) is 12.2. The Morgan fingerprint density at radius 2 is 1.92 bits per heavy atom. The fraction of sp³-hybridized carbons (Fsp3) is 0.353. The number of hydrogen-bond acceptors (Lipinski definition) is 5. The van der Waals surface area contributed by atoms with E-state index in [4.69, 9.17) is 0 Å². The van der Waals surface area contributed by atoms with Crippen LogP contribution in [0.4, 0.5) is 10.1 Å². The summed E-state index contributed by atoms with van der Waals surface area (Å²) in [4.78, 5) is 49.8. The Morgan fingerprint density at radius 1 is 1.27 bits per heavy atom. The SMILES string of the molecule is CN1CC(C)(CNC(=O)C2=NN(c3ccc(F)cc3)C(=O)CC2=O)C1=O. The van der Waals surface area contributed by atoms with Crippen LogP contribution in [-0.4, -0.2) is 54.3 Å². The number of amides is 3. The van der Waals surface area contributed by atoms with Crippen molar-refractivity contribution in [2.24, 2.45) is 10.5 Å². The number of carbonyl (C=O) groups excluding carboxylic acids is 4. The lowest BCUT2D eigenvalue weighted by Gasteiger charge is -2.44. The average Bonchev–Trinajstić information content (AvgIpc) is 2.60. The van der Waals surface area contributed by atoms with Gasteiger partial charge in [0.05, 0.1) is 17.5 Å². The molecule has 3 rings (SSSR count). The molecule has 1 aromatic carbocycles. The van der Waals surface area contributed by atoms with Gasteiger partial charge < -0.3 is 10.2 Å². The summed E-state index contributed by atoms with van der Waals surface area (Å²) >= 11 is 0. The molecule has 1 fully saturated rings. The van der Waals surface area contributed by atoms with Crippen molar-refractivity contribution in [1.82, 2.24) is 10.2 Å². The minimum absolute atomic E-state index is 0.0613. The van der Waals surface area contributed by atoms with E-state index in [1.54, 1.807) is 14.0 Å². The van der Waals surface area contributed by atoms with E-state index in [0.717, 1.165) is 17.1 Å². The van der Waals surface area contributed by atoms with Crippen molar-refractivity contribution in [2.45, 2.75) is 13.3 Å². The predicted octanol–water partition coefficient (Wildman–Crippen LogP) is 0.0820. The minimum atomic E-state index is -0.752. The van der Waals surface area contributed by atoms with E-state index in [9.17, 15) is 23.6 Å². The summed E-state index contributed by atoms with van der Waals surface area (Å²) in [6.45, 7) is 2.27. The maximum absolute atomic E-state index is 13.0. The van der Waals surface area contributed by atoms with E-state index in [1.165, 1.54) is 17.0 Å². The molecule has 1 atom stereocenters. The monoisotopic (exact) mass is 360 g/mol. The molecule has 2 aliphatic rings. The van der Waals surface area contributed by atoms with Gasteiger partial charge in [-0.25, -0.2) is 4.39 Å². The first-order valence-corrected chi connectivity index (χ1v) is 7.95. The molecule has 1 N–H and O–H groups in total. The van der Waals surface area contributed by atoms with Crippen molar-refractivity contribution >= 4 is 34.9 Å². The van der Waals surface area contributed by atoms with Crippen molar-refractivity contribution in [1.29, 1.82) is 0 Å². The van der Waals surface area contributed by atoms with E-state index in [-0.39, 0.29) is 18.1 Å². The molecule has 0 radical (unpaired) electrons. The van der Waals surface area contributed by atoms with Crippen molar-refractivity contribution in [3.8, 4) is 0 Å². The van der Waals surface area contributed by atoms with Crippen LogP contribution in [0.1, 0.15) is 13.3 Å². The maximum Gasteiger partial charge on any atom is 0.275 e. The molecule has 1 unspecified atom stereocenters. The molecular weight excluding hydrogens is 343 g/mol. The molecule has 0 aliphatic carbocycles. The number of carbonyl (C=O) groups is 4. The molecule has 8 nitrogen and oxygen atoms in total. The van der Waals surface area contributed by atoms with E-state index in [2.05, 4.69) is 10.4 Å². The molecule has 3 amide bonds. The highest BCUT2D eigenvalue weighted by Gasteiger charge is 2.46. The van der Waals surface area contributed by atoms with Crippen molar-refractivity contribution in [2.75, 3.05) is 25.1 Å². The van der Waals surface area contributed by atoms with Crippen LogP contribution in [0.15, 0.2) is 29.4 Å². The third-order valence-corrected chi connectivity index (χ3v) is 4.39. The van der Waals surface area contributed by atoms with Crippen LogP contribution in [0.2, 0.25) is 0 Å². The quantitative estimate of drug-likeness (QED) is 0.607. The number of benzene rings is 1. The fourth-order valence-electron chi connectivity index (χ4n) is 2.99. The zero-order valence-electron chi connectivity index (χ0n) is 14.3. The van der Waals surface area contributed by atoms with Gasteiger partial charge in [0.25, 0.3) is 11.8 Å². The Labute approximate surface area is 148 Å². The van der Waals surface area contributed by atoms with Gasteiger partial charge in [-0.2, -0.15) is 10.1 Å². The highest BCUT2D eigenvalue weighted by atomic mass is 19.1. The van der Waals surface area contributed by atoms with E-state index < -0.39 is 41.0 Å². The summed E-state index contributed by atoms with van der Waals surface area (Å²) in [5.74, 6) is -2.65. The van der Waals surface area contributed by atoms with Crippen LogP contribution < -0.4 is 10.3 Å². The van der Waals surface area contributed by atoms with E-state index >= 15 is 0 Å². The number of ketones is 1. The van der Waals surface area contributed by atoms with Crippen molar-refractivity contribution in [3.05, 3.63) is 30.1 Å². The van der Waals surface area contributed by atoms with E-state index in [0.29, 0.717) is 6.54 Å². The highest BCUT2D eigenvalue weighted by Crippen LogP contribution is 2.29. The van der Waals surface area contributed by atoms with Gasteiger partial charge in [-0.1, -0.05) is 0 Å². The van der Waals surface area contributed by atoms with Crippen LogP contribution in [0, 0.1) is 11.2 Å². The Balaban J connectivity index is 1.76. The van der Waals surface area contributed by atoms with Gasteiger partial charge in [0.2, 0.25) is 5.91 Å². The number of rotatable bonds is 4. The number of nitrogens with zero attached hydrogens (tertiary/aromatic N) is 3. The number of hydrogen-bond donors (Lipinski definition) is 1. The molecule has 2 heterocycles. The number of anilines is 1. The minimum Gasteiger partial charge on any atom is -0.349 e. The molecule has 26 heavy (non-hydrogen) atoms. The average molecular weight is 360 g/mol. The van der Waals surface area contributed by atoms with Crippen LogP contribution in [0.3, 0.4) is 0 Å². The molecule has 2 aliphatic heterocycles. The molecule has 1 aromatic rings. The van der Waals surface area contributed by atoms with Crippen molar-refractivity contribution in [3.63, 3.8) is 0 Å². The number of β-lactam (4-membered cyclic amide) rings is 1. The third kappa shape index (κ3) is 3.07. The molecule has 0 saturated carbocycles. The van der Waals surface area contributed by atoms with Crippen molar-refractivity contribution < 1.29 is 23.6 Å². The number of Topliss-reactive ketones (excluding diaryl/α,β-unsaturated/α-hetero) is 1. The topological polar surface area (TPSA) is 99.2 Å². The Morgan fingerprint density at radius 3 is 2.50 bits per heavy atom. The molecular formula is C17H17FN4O4. The zero-order valence-corrected chi connectivity index (χ0v) is 14.3. The van der Waals surface area contributed by atoms with Crippen LogP contribution >= 0.6 is 0 Å². The lowest BCUT2D eigenvalue weighted by atomic mass is 9.81. The van der Waals surface area contributed by atoms with Gasteiger partial charge in [-0.3, -0.25) is 19.2 Å². The number of likely N-dealkylation sites (tertiary alicyclic amines) is 1. The Bertz CT molecular complexity index is 836. The highest BCUT2D eigenvalue weighted by molar-refractivity contribution is 6.67. The molecule has 136 valence electrons. The van der Waals surface area contributed by atoms with Gasteiger partial charge >= 0.3 is 0 Å². The van der Waals surface area contributed by atoms with Gasteiger partial charge in [0.1, 0.15) is 5.82 Å². The predicted molar refractivity (Wildman–Crippen MR) is 89.7 cm³/mol. The summed E-state index contributed by atoms with van der Waals surface area (Å²) in [6, 6.07) is 4.94. The Hall–Kier alpha value is -3.10. The Kier molecular flexibility index (Phi) is 4.31. The van der Waals surface area contributed by atoms with Gasteiger partial charge in [-0.15, -0.1) is 0 Å². The fourth-order valence-corrected chi connectivity index (χ4v) is 2.99. The molecule has 9 heteroatoms. The molecule has 0 aromatic heterocycles. The molecule has 1 saturated heterocycles. The molecule has 0 bridgehead atoms. The summed E-state index contributed by atoms with van der Waals surface area (Å²) in [5.41, 5.74) is -0.885. The standard InChI is InChI=1S/C17H17FN4O4/c1-17(9-21(2)16(17)26)8-19-15(25)14-12(23)7-13(24)22(20-14)11-5-3-10(18)4-6-11/h3-6H,7-9H2,1-2H3,(H,19,25). The summed E-state index contributed by atoms with van der Waals surface area (Å²) in [5, 5.41) is 7.28. The zero-order chi connectivity index (χ0) is 19.1. The van der Waals surface area contributed by atoms with Crippen LogP contribution in [0.25, 0.3) is 0 Å². The lowest BCUT2D eigenvalue weighted by Crippen LogP contribution is -2.62. The summed E-state index contributed by atoms with van der Waals surface area (Å²) in [7, 11) is 1.66. The first kappa shape index (κ1) is 17.7. The van der Waals surface area contributed by atoms with E-state index in [1.807, 2.05) is 0 Å². The number of halogens is 1. The smallest absolute Gasteiger partial charge is 0.275 e. The molecule has 0 spiro atoms. The second-order valence-electron chi connectivity index (χ2n) is 6.64. The lowest BCUT2D eigenvalue weighted by molar-refractivity contribution is -0.155. The second kappa shape index (κ2) is 6.32. The normalized spacial score (nSPS) is 22.9.